The van der Waals surface area contributed by atoms with Crippen molar-refractivity contribution in [2.24, 2.45) is 0 Å². The van der Waals surface area contributed by atoms with E-state index >= 15 is 0 Å². The number of para-hydroxylation sites is 1. The summed E-state index contributed by atoms with van der Waals surface area (Å²) in [5.41, 5.74) is 1.19. The standard InChI is InChI=1S/C16H12OS/c1-3-7-13(8-4-1)16-15(11-12-18-16)17-14-9-5-2-6-10-14/h1-12H. The molecule has 1 nitrogen and oxygen atoms in total. The Bertz CT molecular complexity index is 614. The second kappa shape index (κ2) is 5.07. The molecule has 0 aliphatic rings. The average molecular weight is 252 g/mol. The second-order valence-electron chi connectivity index (χ2n) is 3.90. The zero-order valence-electron chi connectivity index (χ0n) is 9.74. The van der Waals surface area contributed by atoms with Crippen LogP contribution in [-0.4, -0.2) is 0 Å². The van der Waals surface area contributed by atoms with Crippen LogP contribution in [0.5, 0.6) is 11.5 Å². The van der Waals surface area contributed by atoms with Crippen LogP contribution in [0.3, 0.4) is 0 Å². The van der Waals surface area contributed by atoms with Crippen molar-refractivity contribution in [3.05, 3.63) is 72.1 Å². The summed E-state index contributed by atoms with van der Waals surface area (Å²) in [6.45, 7) is 0. The van der Waals surface area contributed by atoms with E-state index in [4.69, 9.17) is 4.74 Å². The van der Waals surface area contributed by atoms with Gasteiger partial charge in [0.1, 0.15) is 11.5 Å². The molecule has 1 aromatic heterocycles. The van der Waals surface area contributed by atoms with Crippen molar-refractivity contribution in [1.29, 1.82) is 0 Å². The van der Waals surface area contributed by atoms with Gasteiger partial charge in [-0.25, -0.2) is 0 Å². The molecular formula is C16H12OS. The maximum atomic E-state index is 5.91. The van der Waals surface area contributed by atoms with Gasteiger partial charge in [0, 0.05) is 0 Å². The molecule has 0 saturated carbocycles. The Morgan fingerprint density at radius 2 is 1.39 bits per heavy atom. The van der Waals surface area contributed by atoms with Crippen LogP contribution in [0.1, 0.15) is 0 Å². The van der Waals surface area contributed by atoms with E-state index in [1.807, 2.05) is 54.6 Å². The van der Waals surface area contributed by atoms with Crippen LogP contribution in [-0.2, 0) is 0 Å². The fourth-order valence-electron chi connectivity index (χ4n) is 1.79. The van der Waals surface area contributed by atoms with Crippen molar-refractivity contribution >= 4 is 11.3 Å². The van der Waals surface area contributed by atoms with E-state index in [1.54, 1.807) is 11.3 Å². The monoisotopic (exact) mass is 252 g/mol. The predicted molar refractivity (Wildman–Crippen MR) is 76.3 cm³/mol. The van der Waals surface area contributed by atoms with Gasteiger partial charge < -0.3 is 4.74 Å². The lowest BCUT2D eigenvalue weighted by Gasteiger charge is -2.06. The Balaban J connectivity index is 1.93. The number of benzene rings is 2. The quantitative estimate of drug-likeness (QED) is 0.622. The fourth-order valence-corrected chi connectivity index (χ4v) is 2.62. The molecule has 2 heteroatoms. The molecule has 0 fully saturated rings. The van der Waals surface area contributed by atoms with Gasteiger partial charge >= 0.3 is 0 Å². The van der Waals surface area contributed by atoms with Gasteiger partial charge in [-0.05, 0) is 29.1 Å². The Morgan fingerprint density at radius 3 is 2.11 bits per heavy atom. The molecule has 0 saturated heterocycles. The Kier molecular flexibility index (Phi) is 3.11. The van der Waals surface area contributed by atoms with Crippen LogP contribution in [0.25, 0.3) is 10.4 Å². The highest BCUT2D eigenvalue weighted by Gasteiger charge is 2.08. The number of rotatable bonds is 3. The molecule has 0 amide bonds. The molecule has 0 unspecified atom stereocenters. The topological polar surface area (TPSA) is 9.23 Å². The molecule has 0 N–H and O–H groups in total. The number of hydrogen-bond donors (Lipinski definition) is 0. The molecule has 3 aromatic rings. The van der Waals surface area contributed by atoms with Crippen LogP contribution < -0.4 is 4.74 Å². The molecule has 0 aliphatic heterocycles. The molecule has 0 aliphatic carbocycles. The van der Waals surface area contributed by atoms with E-state index in [1.165, 1.54) is 10.4 Å². The lowest BCUT2D eigenvalue weighted by molar-refractivity contribution is 0.486. The highest BCUT2D eigenvalue weighted by Crippen LogP contribution is 2.37. The largest absolute Gasteiger partial charge is 0.456 e. The highest BCUT2D eigenvalue weighted by atomic mass is 32.1. The highest BCUT2D eigenvalue weighted by molar-refractivity contribution is 7.14. The van der Waals surface area contributed by atoms with Gasteiger partial charge in [-0.2, -0.15) is 0 Å². The van der Waals surface area contributed by atoms with Crippen molar-refractivity contribution < 1.29 is 4.74 Å². The summed E-state index contributed by atoms with van der Waals surface area (Å²) in [6, 6.07) is 22.2. The molecular weight excluding hydrogens is 240 g/mol. The van der Waals surface area contributed by atoms with Gasteiger partial charge in [0.05, 0.1) is 4.88 Å². The summed E-state index contributed by atoms with van der Waals surface area (Å²) < 4.78 is 5.91. The van der Waals surface area contributed by atoms with Crippen molar-refractivity contribution in [1.82, 2.24) is 0 Å². The molecule has 0 bridgehead atoms. The minimum Gasteiger partial charge on any atom is -0.456 e. The van der Waals surface area contributed by atoms with Gasteiger partial charge in [0.25, 0.3) is 0 Å². The smallest absolute Gasteiger partial charge is 0.146 e. The minimum atomic E-state index is 0.869. The first-order chi connectivity index (χ1) is 8.93. The first kappa shape index (κ1) is 11.1. The first-order valence-corrected chi connectivity index (χ1v) is 6.67. The summed E-state index contributed by atoms with van der Waals surface area (Å²) in [5.74, 6) is 1.78. The molecule has 3 rings (SSSR count). The third kappa shape index (κ3) is 2.29. The zero-order valence-corrected chi connectivity index (χ0v) is 10.6. The second-order valence-corrected chi connectivity index (χ2v) is 4.81. The number of ether oxygens (including phenoxy) is 1. The van der Waals surface area contributed by atoms with Crippen molar-refractivity contribution in [3.8, 4) is 21.9 Å². The van der Waals surface area contributed by atoms with Crippen LogP contribution in [0.2, 0.25) is 0 Å². The molecule has 88 valence electrons. The molecule has 0 atom stereocenters. The van der Waals surface area contributed by atoms with E-state index in [2.05, 4.69) is 17.5 Å². The fraction of sp³-hybridized carbons (Fsp3) is 0. The van der Waals surface area contributed by atoms with E-state index in [0.717, 1.165) is 11.5 Å². The maximum Gasteiger partial charge on any atom is 0.146 e. The van der Waals surface area contributed by atoms with Crippen molar-refractivity contribution in [3.63, 3.8) is 0 Å². The van der Waals surface area contributed by atoms with E-state index in [9.17, 15) is 0 Å². The Hall–Kier alpha value is -2.06. The van der Waals surface area contributed by atoms with E-state index in [-0.39, 0.29) is 0 Å². The summed E-state index contributed by atoms with van der Waals surface area (Å²) in [7, 11) is 0. The van der Waals surface area contributed by atoms with Gasteiger partial charge in [0.2, 0.25) is 0 Å². The van der Waals surface area contributed by atoms with Crippen LogP contribution in [0.4, 0.5) is 0 Å². The normalized spacial score (nSPS) is 10.2. The van der Waals surface area contributed by atoms with E-state index < -0.39 is 0 Å². The molecule has 18 heavy (non-hydrogen) atoms. The first-order valence-electron chi connectivity index (χ1n) is 5.79. The van der Waals surface area contributed by atoms with Crippen LogP contribution >= 0.6 is 11.3 Å². The average Bonchev–Trinajstić information content (AvgIpc) is 2.89. The minimum absolute atomic E-state index is 0.869. The maximum absolute atomic E-state index is 5.91. The van der Waals surface area contributed by atoms with Crippen molar-refractivity contribution in [2.45, 2.75) is 0 Å². The van der Waals surface area contributed by atoms with Gasteiger partial charge in [-0.15, -0.1) is 11.3 Å². The van der Waals surface area contributed by atoms with E-state index in [0.29, 0.717) is 0 Å². The lowest BCUT2D eigenvalue weighted by atomic mass is 10.2. The van der Waals surface area contributed by atoms with Crippen LogP contribution in [0.15, 0.2) is 72.1 Å². The summed E-state index contributed by atoms with van der Waals surface area (Å²) in [4.78, 5) is 1.17. The van der Waals surface area contributed by atoms with Gasteiger partial charge in [-0.3, -0.25) is 0 Å². The molecule has 1 heterocycles. The third-order valence-corrected chi connectivity index (χ3v) is 3.58. The third-order valence-electron chi connectivity index (χ3n) is 2.64. The summed E-state index contributed by atoms with van der Waals surface area (Å²) in [6.07, 6.45) is 0. The number of hydrogen-bond acceptors (Lipinski definition) is 2. The SMILES string of the molecule is c1ccc(Oc2ccsc2-c2ccccc2)cc1. The van der Waals surface area contributed by atoms with Gasteiger partial charge in [-0.1, -0.05) is 48.5 Å². The van der Waals surface area contributed by atoms with Crippen LogP contribution in [0, 0.1) is 0 Å². The summed E-state index contributed by atoms with van der Waals surface area (Å²) >= 11 is 1.70. The molecule has 2 aromatic carbocycles. The summed E-state index contributed by atoms with van der Waals surface area (Å²) in [5, 5.41) is 2.06. The number of thiophene rings is 1. The zero-order chi connectivity index (χ0) is 12.2. The Morgan fingerprint density at radius 1 is 0.722 bits per heavy atom. The lowest BCUT2D eigenvalue weighted by Crippen LogP contribution is -1.83. The predicted octanol–water partition coefficient (Wildman–Crippen LogP) is 5.21. The van der Waals surface area contributed by atoms with Crippen molar-refractivity contribution in [2.75, 3.05) is 0 Å². The Labute approximate surface area is 110 Å². The molecule has 0 spiro atoms. The molecule has 0 radical (unpaired) electrons. The van der Waals surface area contributed by atoms with Gasteiger partial charge in [0.15, 0.2) is 0 Å².